The highest BCUT2D eigenvalue weighted by atomic mass is 35.5. The molecule has 12 heteroatoms. The van der Waals surface area contributed by atoms with Crippen LogP contribution >= 0.6 is 34.7 Å². The third-order valence-electron chi connectivity index (χ3n) is 4.84. The van der Waals surface area contributed by atoms with Crippen LogP contribution in [0.1, 0.15) is 33.2 Å². The van der Waals surface area contributed by atoms with Gasteiger partial charge >= 0.3 is 0 Å². The molecule has 182 valence electrons. The number of aromatic nitrogens is 4. The van der Waals surface area contributed by atoms with Crippen LogP contribution in [0, 0.1) is 13.8 Å². The molecule has 0 bridgehead atoms. The van der Waals surface area contributed by atoms with Crippen molar-refractivity contribution >= 4 is 51.6 Å². The van der Waals surface area contributed by atoms with Gasteiger partial charge in [0.05, 0.1) is 18.1 Å². The minimum Gasteiger partial charge on any atom is -0.493 e. The number of nitrogens with zero attached hydrogens (tertiary/aromatic N) is 5. The van der Waals surface area contributed by atoms with E-state index in [1.165, 1.54) is 28.0 Å². The van der Waals surface area contributed by atoms with Gasteiger partial charge < -0.3 is 19.5 Å². The second-order valence-corrected chi connectivity index (χ2v) is 10.2. The van der Waals surface area contributed by atoms with Crippen molar-refractivity contribution in [3.8, 4) is 5.75 Å². The van der Waals surface area contributed by atoms with Gasteiger partial charge in [0.15, 0.2) is 10.3 Å². The van der Waals surface area contributed by atoms with Crippen LogP contribution < -0.4 is 10.1 Å². The number of carbonyl (C=O) groups is 2. The van der Waals surface area contributed by atoms with Crippen molar-refractivity contribution in [2.45, 2.75) is 31.8 Å². The molecule has 0 saturated heterocycles. The summed E-state index contributed by atoms with van der Waals surface area (Å²) in [5.41, 5.74) is 1.59. The largest absolute Gasteiger partial charge is 0.493 e. The van der Waals surface area contributed by atoms with E-state index in [1.54, 1.807) is 21.0 Å². The number of carbonyl (C=O) groups excluding carboxylic acids is 2. The summed E-state index contributed by atoms with van der Waals surface area (Å²) in [6.07, 6.45) is 1.47. The third kappa shape index (κ3) is 6.71. The van der Waals surface area contributed by atoms with Crippen LogP contribution in [0.15, 0.2) is 23.4 Å². The Morgan fingerprint density at radius 2 is 2.03 bits per heavy atom. The van der Waals surface area contributed by atoms with E-state index < -0.39 is 0 Å². The number of aryl methyl sites for hydroxylation is 3. The zero-order valence-electron chi connectivity index (χ0n) is 19.7. The predicted molar refractivity (Wildman–Crippen MR) is 135 cm³/mol. The predicted octanol–water partition coefficient (Wildman–Crippen LogP) is 3.99. The molecule has 0 aliphatic rings. The normalized spacial score (nSPS) is 10.9. The Hall–Kier alpha value is -2.63. The molecule has 3 rings (SSSR count). The summed E-state index contributed by atoms with van der Waals surface area (Å²) in [6.45, 7) is 4.26. The number of rotatable bonds is 10. The topological polar surface area (TPSA) is 102 Å². The van der Waals surface area contributed by atoms with Crippen LogP contribution in [0.4, 0.5) is 5.13 Å². The van der Waals surface area contributed by atoms with Crippen molar-refractivity contribution in [3.05, 3.63) is 45.2 Å². The zero-order valence-corrected chi connectivity index (χ0v) is 22.1. The number of hydrogen-bond acceptors (Lipinski definition) is 8. The van der Waals surface area contributed by atoms with Gasteiger partial charge in [-0.25, -0.2) is 4.98 Å². The number of hydrogen-bond donors (Lipinski definition) is 1. The van der Waals surface area contributed by atoms with Crippen LogP contribution in [0.2, 0.25) is 5.02 Å². The Bertz CT molecular complexity index is 1180. The van der Waals surface area contributed by atoms with E-state index in [4.69, 9.17) is 16.3 Å². The monoisotopic (exact) mass is 522 g/mol. The van der Waals surface area contributed by atoms with Crippen molar-refractivity contribution in [3.63, 3.8) is 0 Å². The molecule has 2 amide bonds. The highest BCUT2D eigenvalue weighted by molar-refractivity contribution is 7.99. The summed E-state index contributed by atoms with van der Waals surface area (Å²) >= 11 is 8.44. The van der Waals surface area contributed by atoms with Crippen molar-refractivity contribution < 1.29 is 14.3 Å². The fourth-order valence-corrected chi connectivity index (χ4v) is 4.97. The summed E-state index contributed by atoms with van der Waals surface area (Å²) in [5, 5.41) is 12.9. The minimum absolute atomic E-state index is 0.134. The first kappa shape index (κ1) is 26.0. The molecule has 0 aliphatic carbocycles. The van der Waals surface area contributed by atoms with E-state index in [2.05, 4.69) is 20.5 Å². The number of halogens is 1. The Balaban J connectivity index is 1.46. The smallest absolute Gasteiger partial charge is 0.265 e. The van der Waals surface area contributed by atoms with Gasteiger partial charge in [-0.05, 0) is 44.0 Å². The molecule has 0 spiro atoms. The van der Waals surface area contributed by atoms with E-state index >= 15 is 0 Å². The van der Waals surface area contributed by atoms with Crippen molar-refractivity contribution in [1.29, 1.82) is 0 Å². The molecule has 2 heterocycles. The van der Waals surface area contributed by atoms with Crippen molar-refractivity contribution in [1.82, 2.24) is 24.6 Å². The molecule has 0 unspecified atom stereocenters. The Kier molecular flexibility index (Phi) is 8.92. The molecular weight excluding hydrogens is 496 g/mol. The van der Waals surface area contributed by atoms with Crippen LogP contribution in [0.5, 0.6) is 5.75 Å². The maximum atomic E-state index is 12.4. The lowest BCUT2D eigenvalue weighted by Crippen LogP contribution is -2.21. The standard InChI is InChI=1S/C22H27ClN6O3S2/c1-13-11-15(23)8-9-16(13)32-10-6-7-17-26-27-22(29(17)5)33-12-18(30)25-21-24-14(2)19(34-21)20(31)28(3)4/h8-9,11H,6-7,10,12H2,1-5H3,(H,24,25,30). The number of thiazole rings is 1. The maximum absolute atomic E-state index is 12.4. The maximum Gasteiger partial charge on any atom is 0.265 e. The molecule has 3 aromatic rings. The zero-order chi connectivity index (χ0) is 24.8. The van der Waals surface area contributed by atoms with Gasteiger partial charge in [0, 0.05) is 32.6 Å². The molecule has 2 aromatic heterocycles. The van der Waals surface area contributed by atoms with Gasteiger partial charge in [0.25, 0.3) is 5.91 Å². The number of thioether (sulfide) groups is 1. The molecule has 0 radical (unpaired) electrons. The molecule has 1 aromatic carbocycles. The first-order chi connectivity index (χ1) is 16.2. The quantitative estimate of drug-likeness (QED) is 0.317. The minimum atomic E-state index is -0.223. The number of ether oxygens (including phenoxy) is 1. The Labute approximate surface area is 211 Å². The van der Waals surface area contributed by atoms with Gasteiger partial charge in [-0.15, -0.1) is 10.2 Å². The number of amides is 2. The lowest BCUT2D eigenvalue weighted by Gasteiger charge is -2.09. The molecule has 0 saturated carbocycles. The second kappa shape index (κ2) is 11.7. The summed E-state index contributed by atoms with van der Waals surface area (Å²) < 4.78 is 7.71. The molecule has 9 nitrogen and oxygen atoms in total. The summed E-state index contributed by atoms with van der Waals surface area (Å²) in [5.74, 6) is 1.43. The molecule has 1 N–H and O–H groups in total. The van der Waals surface area contributed by atoms with Gasteiger partial charge in [-0.2, -0.15) is 0 Å². The van der Waals surface area contributed by atoms with Crippen LogP contribution in [-0.2, 0) is 18.3 Å². The Morgan fingerprint density at radius 3 is 2.74 bits per heavy atom. The van der Waals surface area contributed by atoms with Crippen LogP contribution in [0.25, 0.3) is 0 Å². The van der Waals surface area contributed by atoms with E-state index in [0.29, 0.717) is 38.9 Å². The highest BCUT2D eigenvalue weighted by Crippen LogP contribution is 2.25. The second-order valence-electron chi connectivity index (χ2n) is 7.79. The first-order valence-electron chi connectivity index (χ1n) is 10.5. The molecule has 0 aliphatic heterocycles. The highest BCUT2D eigenvalue weighted by Gasteiger charge is 2.18. The summed E-state index contributed by atoms with van der Waals surface area (Å²) in [4.78, 5) is 30.8. The lowest BCUT2D eigenvalue weighted by molar-refractivity contribution is -0.113. The van der Waals surface area contributed by atoms with E-state index in [-0.39, 0.29) is 17.6 Å². The Morgan fingerprint density at radius 1 is 1.26 bits per heavy atom. The third-order valence-corrected chi connectivity index (χ3v) is 7.16. The van der Waals surface area contributed by atoms with E-state index in [1.807, 2.05) is 36.7 Å². The molecule has 0 atom stereocenters. The van der Waals surface area contributed by atoms with Crippen LogP contribution in [0.3, 0.4) is 0 Å². The van der Waals surface area contributed by atoms with Gasteiger partial charge in [-0.3, -0.25) is 9.59 Å². The summed E-state index contributed by atoms with van der Waals surface area (Å²) in [7, 11) is 5.24. The average molecular weight is 523 g/mol. The molecule has 34 heavy (non-hydrogen) atoms. The van der Waals surface area contributed by atoms with Crippen molar-refractivity contribution in [2.24, 2.45) is 7.05 Å². The number of nitrogens with one attached hydrogen (secondary N) is 1. The SMILES string of the molecule is Cc1cc(Cl)ccc1OCCCc1nnc(SCC(=O)Nc2nc(C)c(C(=O)N(C)C)s2)n1C. The van der Waals surface area contributed by atoms with E-state index in [9.17, 15) is 9.59 Å². The molecule has 0 fully saturated rings. The number of anilines is 1. The summed E-state index contributed by atoms with van der Waals surface area (Å²) in [6, 6.07) is 5.55. The first-order valence-corrected chi connectivity index (χ1v) is 12.7. The fraction of sp³-hybridized carbons (Fsp3) is 0.409. The van der Waals surface area contributed by atoms with Gasteiger partial charge in [-0.1, -0.05) is 34.7 Å². The number of benzene rings is 1. The van der Waals surface area contributed by atoms with Gasteiger partial charge in [0.1, 0.15) is 16.5 Å². The lowest BCUT2D eigenvalue weighted by atomic mass is 10.2. The van der Waals surface area contributed by atoms with Crippen molar-refractivity contribution in [2.75, 3.05) is 31.8 Å². The molecular formula is C22H27ClN6O3S2. The fourth-order valence-electron chi connectivity index (χ4n) is 3.01. The average Bonchev–Trinajstić information content (AvgIpc) is 3.32. The van der Waals surface area contributed by atoms with E-state index in [0.717, 1.165) is 23.6 Å². The van der Waals surface area contributed by atoms with Gasteiger partial charge in [0.2, 0.25) is 5.91 Å². The van der Waals surface area contributed by atoms with Crippen LogP contribution in [-0.4, -0.2) is 62.9 Å².